The van der Waals surface area contributed by atoms with Gasteiger partial charge in [0, 0.05) is 0 Å². The molecule has 0 radical (unpaired) electrons. The summed E-state index contributed by atoms with van der Waals surface area (Å²) < 4.78 is 0. The van der Waals surface area contributed by atoms with E-state index in [2.05, 4.69) is 27.7 Å². The third-order valence-electron chi connectivity index (χ3n) is 6.31. The van der Waals surface area contributed by atoms with Gasteiger partial charge in [0.2, 0.25) is 0 Å². The van der Waals surface area contributed by atoms with Crippen molar-refractivity contribution in [2.45, 2.75) is 118 Å². The Morgan fingerprint density at radius 1 is 0.727 bits per heavy atom. The summed E-state index contributed by atoms with van der Waals surface area (Å²) in [5.41, 5.74) is 0. The van der Waals surface area contributed by atoms with Crippen molar-refractivity contribution < 1.29 is 0 Å². The molecule has 0 heteroatoms. The van der Waals surface area contributed by atoms with Gasteiger partial charge < -0.3 is 0 Å². The van der Waals surface area contributed by atoms with Gasteiger partial charge in [-0.25, -0.2) is 0 Å². The molecule has 1 aliphatic carbocycles. The molecule has 1 fully saturated rings. The fraction of sp³-hybridized carbons (Fsp3) is 1.00. The highest BCUT2D eigenvalue weighted by Crippen LogP contribution is 2.38. The zero-order chi connectivity index (χ0) is 16.2. The molecule has 0 bridgehead atoms. The number of hydrogen-bond acceptors (Lipinski definition) is 0. The maximum atomic E-state index is 2.42. The van der Waals surface area contributed by atoms with Crippen LogP contribution >= 0.6 is 0 Å². The lowest BCUT2D eigenvalue weighted by molar-refractivity contribution is 0.189. The van der Waals surface area contributed by atoms with Crippen LogP contribution in [0.2, 0.25) is 0 Å². The Balaban J connectivity index is 2.36. The Morgan fingerprint density at radius 2 is 1.18 bits per heavy atom. The molecule has 0 nitrogen and oxygen atoms in total. The average Bonchev–Trinajstić information content (AvgIpc) is 2.55. The van der Waals surface area contributed by atoms with E-state index in [1.54, 1.807) is 19.3 Å². The van der Waals surface area contributed by atoms with Crippen LogP contribution in [0.3, 0.4) is 0 Å². The first-order chi connectivity index (χ1) is 10.7. The molecule has 0 aliphatic heterocycles. The van der Waals surface area contributed by atoms with Crippen LogP contribution in [0.15, 0.2) is 0 Å². The summed E-state index contributed by atoms with van der Waals surface area (Å²) >= 11 is 0. The lowest BCUT2D eigenvalue weighted by atomic mass is 9.73. The number of unbranched alkanes of at least 4 members (excludes halogenated alkanes) is 2. The minimum atomic E-state index is 1.02. The Bertz CT molecular complexity index is 220. The van der Waals surface area contributed by atoms with Crippen molar-refractivity contribution in [3.63, 3.8) is 0 Å². The smallest absolute Gasteiger partial charge is 0.0409 e. The average molecular weight is 309 g/mol. The molecule has 0 aromatic rings. The van der Waals surface area contributed by atoms with Crippen LogP contribution in [0.4, 0.5) is 0 Å². The van der Waals surface area contributed by atoms with E-state index < -0.39 is 0 Å². The molecule has 0 unspecified atom stereocenters. The van der Waals surface area contributed by atoms with Gasteiger partial charge in [-0.05, 0) is 42.9 Å². The lowest BCUT2D eigenvalue weighted by Gasteiger charge is -2.33. The molecule has 0 amide bonds. The van der Waals surface area contributed by atoms with Gasteiger partial charge in [0.15, 0.2) is 0 Å². The highest BCUT2D eigenvalue weighted by Gasteiger charge is 2.25. The Hall–Kier alpha value is 0. The van der Waals surface area contributed by atoms with E-state index in [9.17, 15) is 0 Å². The first kappa shape index (κ1) is 20.0. The Labute approximate surface area is 141 Å². The van der Waals surface area contributed by atoms with E-state index in [1.807, 2.05) is 0 Å². The molecule has 1 rings (SSSR count). The molecule has 0 spiro atoms. The van der Waals surface area contributed by atoms with Gasteiger partial charge in [0.05, 0.1) is 0 Å². The summed E-state index contributed by atoms with van der Waals surface area (Å²) in [7, 11) is 0. The molecule has 0 aromatic heterocycles. The van der Waals surface area contributed by atoms with Crippen molar-refractivity contribution in [3.05, 3.63) is 0 Å². The Morgan fingerprint density at radius 3 is 1.55 bits per heavy atom. The fourth-order valence-corrected chi connectivity index (χ4v) is 4.74. The third kappa shape index (κ3) is 8.02. The molecule has 0 N–H and O–H groups in total. The largest absolute Gasteiger partial charge is 0.0654 e. The quantitative estimate of drug-likeness (QED) is 0.342. The maximum absolute atomic E-state index is 2.42. The van der Waals surface area contributed by atoms with Crippen molar-refractivity contribution in [2.75, 3.05) is 0 Å². The van der Waals surface area contributed by atoms with E-state index in [0.717, 1.165) is 23.7 Å². The molecule has 1 aliphatic rings. The molecule has 0 aromatic carbocycles. The molecule has 22 heavy (non-hydrogen) atoms. The van der Waals surface area contributed by atoms with Crippen LogP contribution in [-0.2, 0) is 0 Å². The predicted octanol–water partition coefficient (Wildman–Crippen LogP) is 8.01. The SMILES string of the molecule is CCCC[C@@H](CC)C[C@@H]1CCC[C@@H](C[C@@H](CC)CCCC)C1. The minimum absolute atomic E-state index is 1.02. The molecule has 4 atom stereocenters. The van der Waals surface area contributed by atoms with Crippen LogP contribution in [0.1, 0.15) is 118 Å². The van der Waals surface area contributed by atoms with Crippen LogP contribution in [0.25, 0.3) is 0 Å². The van der Waals surface area contributed by atoms with Crippen molar-refractivity contribution in [3.8, 4) is 0 Å². The summed E-state index contributed by atoms with van der Waals surface area (Å²) in [5, 5.41) is 0. The standard InChI is InChI=1S/C22H44/c1-5-9-12-19(7-3)16-21-14-11-15-22(18-21)17-20(8-4)13-10-6-2/h19-22H,5-18H2,1-4H3/t19-,20+,21-,22-/m0/s1. The van der Waals surface area contributed by atoms with Gasteiger partial charge in [-0.15, -0.1) is 0 Å². The topological polar surface area (TPSA) is 0 Å². The Kier molecular flexibility index (Phi) is 11.3. The second kappa shape index (κ2) is 12.4. The molecular weight excluding hydrogens is 264 g/mol. The minimum Gasteiger partial charge on any atom is -0.0654 e. The van der Waals surface area contributed by atoms with Crippen molar-refractivity contribution in [1.29, 1.82) is 0 Å². The van der Waals surface area contributed by atoms with E-state index in [-0.39, 0.29) is 0 Å². The van der Waals surface area contributed by atoms with Crippen molar-refractivity contribution >= 4 is 0 Å². The van der Waals surface area contributed by atoms with E-state index in [0.29, 0.717) is 0 Å². The van der Waals surface area contributed by atoms with Crippen LogP contribution in [0.5, 0.6) is 0 Å². The molecule has 0 heterocycles. The summed E-state index contributed by atoms with van der Waals surface area (Å²) in [6.07, 6.45) is 20.7. The summed E-state index contributed by atoms with van der Waals surface area (Å²) in [4.78, 5) is 0. The highest BCUT2D eigenvalue weighted by molar-refractivity contribution is 4.77. The zero-order valence-electron chi connectivity index (χ0n) is 16.2. The van der Waals surface area contributed by atoms with Gasteiger partial charge >= 0.3 is 0 Å². The van der Waals surface area contributed by atoms with Crippen molar-refractivity contribution in [2.24, 2.45) is 23.7 Å². The lowest BCUT2D eigenvalue weighted by Crippen LogP contribution is -2.20. The van der Waals surface area contributed by atoms with Crippen molar-refractivity contribution in [1.82, 2.24) is 0 Å². The van der Waals surface area contributed by atoms with Crippen LogP contribution in [-0.4, -0.2) is 0 Å². The van der Waals surface area contributed by atoms with Gasteiger partial charge in [-0.3, -0.25) is 0 Å². The van der Waals surface area contributed by atoms with Gasteiger partial charge in [0.1, 0.15) is 0 Å². The number of hydrogen-bond donors (Lipinski definition) is 0. The van der Waals surface area contributed by atoms with Gasteiger partial charge in [0.25, 0.3) is 0 Å². The van der Waals surface area contributed by atoms with E-state index in [4.69, 9.17) is 0 Å². The molecule has 1 saturated carbocycles. The highest BCUT2D eigenvalue weighted by atomic mass is 14.3. The predicted molar refractivity (Wildman–Crippen MR) is 101 cm³/mol. The molecule has 0 saturated heterocycles. The van der Waals surface area contributed by atoms with Gasteiger partial charge in [-0.2, -0.15) is 0 Å². The molecular formula is C22H44. The van der Waals surface area contributed by atoms with Gasteiger partial charge in [-0.1, -0.05) is 98.3 Å². The monoisotopic (exact) mass is 308 g/mol. The van der Waals surface area contributed by atoms with E-state index in [1.165, 1.54) is 70.6 Å². The summed E-state index contributed by atoms with van der Waals surface area (Å²) in [6.45, 7) is 9.51. The summed E-state index contributed by atoms with van der Waals surface area (Å²) in [5.74, 6) is 4.16. The molecule has 132 valence electrons. The summed E-state index contributed by atoms with van der Waals surface area (Å²) in [6, 6.07) is 0. The second-order valence-corrected chi connectivity index (χ2v) is 8.20. The van der Waals surface area contributed by atoms with E-state index >= 15 is 0 Å². The maximum Gasteiger partial charge on any atom is -0.0409 e. The zero-order valence-corrected chi connectivity index (χ0v) is 16.2. The third-order valence-corrected chi connectivity index (χ3v) is 6.31. The van der Waals surface area contributed by atoms with Crippen LogP contribution < -0.4 is 0 Å². The first-order valence-electron chi connectivity index (χ1n) is 10.7. The second-order valence-electron chi connectivity index (χ2n) is 8.20. The van der Waals surface area contributed by atoms with Crippen LogP contribution in [0, 0.1) is 23.7 Å². The normalized spacial score (nSPS) is 25.1. The first-order valence-corrected chi connectivity index (χ1v) is 10.7. The number of rotatable bonds is 12. The fourth-order valence-electron chi connectivity index (χ4n) is 4.74.